The summed E-state index contributed by atoms with van der Waals surface area (Å²) >= 11 is 2.84. The van der Waals surface area contributed by atoms with Gasteiger partial charge in [-0.25, -0.2) is 0 Å². The molecule has 0 aliphatic carbocycles. The van der Waals surface area contributed by atoms with Crippen molar-refractivity contribution in [3.05, 3.63) is 27.7 Å². The van der Waals surface area contributed by atoms with Crippen molar-refractivity contribution in [2.75, 3.05) is 0 Å². The number of alkyl halides is 3. The van der Waals surface area contributed by atoms with Gasteiger partial charge in [-0.2, -0.15) is 13.2 Å². The summed E-state index contributed by atoms with van der Waals surface area (Å²) in [5.41, 5.74) is -0.796. The molecule has 0 bridgehead atoms. The lowest BCUT2D eigenvalue weighted by molar-refractivity contribution is -0.138. The number of aromatic hydroxyl groups is 1. The Balaban J connectivity index is 2.96. The van der Waals surface area contributed by atoms with Crippen molar-refractivity contribution >= 4 is 21.9 Å². The predicted octanol–water partition coefficient (Wildman–Crippen LogP) is 3.58. The van der Waals surface area contributed by atoms with Crippen molar-refractivity contribution in [2.45, 2.75) is 25.4 Å². The van der Waals surface area contributed by atoms with E-state index in [0.29, 0.717) is 0 Å². The standard InChI is InChI=1S/C11H10BrF3O3/c12-8-5-7(11(13,14)15)4-6(10(8)18)2-1-3-9(16)17/h4-5,18H,1-3H2,(H,16,17). The summed E-state index contributed by atoms with van der Waals surface area (Å²) < 4.78 is 37.5. The highest BCUT2D eigenvalue weighted by atomic mass is 79.9. The molecule has 0 radical (unpaired) electrons. The summed E-state index contributed by atoms with van der Waals surface area (Å²) in [5, 5.41) is 18.0. The molecular weight excluding hydrogens is 317 g/mol. The monoisotopic (exact) mass is 326 g/mol. The Bertz CT molecular complexity index is 458. The van der Waals surface area contributed by atoms with Crippen LogP contribution in [0.5, 0.6) is 5.75 Å². The van der Waals surface area contributed by atoms with Crippen LogP contribution in [0.1, 0.15) is 24.0 Å². The minimum atomic E-state index is -4.50. The average Bonchev–Trinajstić information content (AvgIpc) is 2.22. The first-order valence-corrected chi connectivity index (χ1v) is 5.81. The molecule has 0 spiro atoms. The van der Waals surface area contributed by atoms with E-state index in [2.05, 4.69) is 15.9 Å². The third-order valence-electron chi connectivity index (χ3n) is 2.31. The van der Waals surface area contributed by atoms with Gasteiger partial charge in [-0.1, -0.05) is 0 Å². The molecule has 1 aromatic rings. The maximum atomic E-state index is 12.5. The molecule has 0 fully saturated rings. The number of phenols is 1. The second-order valence-corrected chi connectivity index (χ2v) is 4.57. The number of halogens is 4. The Hall–Kier alpha value is -1.24. The number of phenolic OH excluding ortho intramolecular Hbond substituents is 1. The Morgan fingerprint density at radius 2 is 1.94 bits per heavy atom. The first-order chi connectivity index (χ1) is 8.21. The van der Waals surface area contributed by atoms with Gasteiger partial charge in [0.1, 0.15) is 5.75 Å². The lowest BCUT2D eigenvalue weighted by Gasteiger charge is -2.12. The fourth-order valence-corrected chi connectivity index (χ4v) is 1.94. The summed E-state index contributed by atoms with van der Waals surface area (Å²) in [6.07, 6.45) is -4.43. The molecule has 0 saturated carbocycles. The van der Waals surface area contributed by atoms with E-state index < -0.39 is 17.7 Å². The number of carbonyl (C=O) groups is 1. The average molecular weight is 327 g/mol. The molecule has 0 heterocycles. The molecule has 1 rings (SSSR count). The molecule has 0 amide bonds. The lowest BCUT2D eigenvalue weighted by Crippen LogP contribution is -2.06. The molecule has 0 saturated heterocycles. The van der Waals surface area contributed by atoms with Crippen LogP contribution in [0.2, 0.25) is 0 Å². The minimum Gasteiger partial charge on any atom is -0.506 e. The summed E-state index contributed by atoms with van der Waals surface area (Å²) in [6.45, 7) is 0. The van der Waals surface area contributed by atoms with Gasteiger partial charge in [-0.3, -0.25) is 4.79 Å². The number of rotatable bonds is 4. The summed E-state index contributed by atoms with van der Waals surface area (Å²) in [5.74, 6) is -1.31. The van der Waals surface area contributed by atoms with E-state index in [0.717, 1.165) is 12.1 Å². The molecule has 1 aromatic carbocycles. The quantitative estimate of drug-likeness (QED) is 0.889. The Kier molecular flexibility index (Phi) is 4.61. The number of aryl methyl sites for hydroxylation is 1. The maximum absolute atomic E-state index is 12.5. The maximum Gasteiger partial charge on any atom is 0.416 e. The number of hydrogen-bond donors (Lipinski definition) is 2. The molecular formula is C11H10BrF3O3. The molecule has 3 nitrogen and oxygen atoms in total. The lowest BCUT2D eigenvalue weighted by atomic mass is 10.0. The first kappa shape index (κ1) is 14.8. The SMILES string of the molecule is O=C(O)CCCc1cc(C(F)(F)F)cc(Br)c1O. The van der Waals surface area contributed by atoms with Crippen molar-refractivity contribution in [2.24, 2.45) is 0 Å². The van der Waals surface area contributed by atoms with Gasteiger partial charge in [0.05, 0.1) is 10.0 Å². The van der Waals surface area contributed by atoms with E-state index in [1.54, 1.807) is 0 Å². The van der Waals surface area contributed by atoms with E-state index in [9.17, 15) is 23.1 Å². The summed E-state index contributed by atoms with van der Waals surface area (Å²) in [7, 11) is 0. The zero-order valence-electron chi connectivity index (χ0n) is 9.09. The molecule has 0 unspecified atom stereocenters. The van der Waals surface area contributed by atoms with E-state index in [-0.39, 0.29) is 35.0 Å². The molecule has 0 aliphatic rings. The zero-order chi connectivity index (χ0) is 13.9. The normalized spacial score (nSPS) is 11.6. The van der Waals surface area contributed by atoms with Crippen molar-refractivity contribution < 1.29 is 28.2 Å². The Morgan fingerprint density at radius 1 is 1.33 bits per heavy atom. The molecule has 0 aromatic heterocycles. The van der Waals surface area contributed by atoms with Gasteiger partial charge in [0.25, 0.3) is 0 Å². The molecule has 0 atom stereocenters. The Labute approximate surface area is 109 Å². The van der Waals surface area contributed by atoms with E-state index >= 15 is 0 Å². The van der Waals surface area contributed by atoms with Crippen LogP contribution in [0, 0.1) is 0 Å². The zero-order valence-corrected chi connectivity index (χ0v) is 10.7. The highest BCUT2D eigenvalue weighted by Crippen LogP contribution is 2.37. The van der Waals surface area contributed by atoms with Crippen LogP contribution in [-0.2, 0) is 17.4 Å². The highest BCUT2D eigenvalue weighted by Gasteiger charge is 2.31. The smallest absolute Gasteiger partial charge is 0.416 e. The van der Waals surface area contributed by atoms with Crippen LogP contribution in [-0.4, -0.2) is 16.2 Å². The number of hydrogen-bond acceptors (Lipinski definition) is 2. The highest BCUT2D eigenvalue weighted by molar-refractivity contribution is 9.10. The fraction of sp³-hybridized carbons (Fsp3) is 0.364. The van der Waals surface area contributed by atoms with Gasteiger partial charge in [0.15, 0.2) is 0 Å². The van der Waals surface area contributed by atoms with E-state index in [1.165, 1.54) is 0 Å². The van der Waals surface area contributed by atoms with Crippen molar-refractivity contribution in [1.82, 2.24) is 0 Å². The van der Waals surface area contributed by atoms with Crippen molar-refractivity contribution in [3.63, 3.8) is 0 Å². The van der Waals surface area contributed by atoms with Crippen LogP contribution < -0.4 is 0 Å². The van der Waals surface area contributed by atoms with Crippen LogP contribution >= 0.6 is 15.9 Å². The van der Waals surface area contributed by atoms with Crippen LogP contribution in [0.3, 0.4) is 0 Å². The fourth-order valence-electron chi connectivity index (χ4n) is 1.44. The van der Waals surface area contributed by atoms with Gasteiger partial charge in [-0.05, 0) is 46.5 Å². The largest absolute Gasteiger partial charge is 0.506 e. The number of aliphatic carboxylic acids is 1. The first-order valence-electron chi connectivity index (χ1n) is 5.02. The second kappa shape index (κ2) is 5.60. The number of benzene rings is 1. The number of carboxylic acids is 1. The summed E-state index contributed by atoms with van der Waals surface area (Å²) in [6, 6.07) is 1.62. The van der Waals surface area contributed by atoms with Gasteiger partial charge in [0, 0.05) is 6.42 Å². The van der Waals surface area contributed by atoms with Crippen LogP contribution in [0.25, 0.3) is 0 Å². The topological polar surface area (TPSA) is 57.5 Å². The van der Waals surface area contributed by atoms with E-state index in [4.69, 9.17) is 5.11 Å². The van der Waals surface area contributed by atoms with Crippen LogP contribution in [0.15, 0.2) is 16.6 Å². The van der Waals surface area contributed by atoms with Gasteiger partial charge >= 0.3 is 12.1 Å². The van der Waals surface area contributed by atoms with Gasteiger partial charge in [-0.15, -0.1) is 0 Å². The third kappa shape index (κ3) is 3.90. The third-order valence-corrected chi connectivity index (χ3v) is 2.91. The molecule has 18 heavy (non-hydrogen) atoms. The molecule has 100 valence electrons. The number of carboxylic acid groups (broad SMARTS) is 1. The molecule has 2 N–H and O–H groups in total. The molecule has 7 heteroatoms. The molecule has 0 aliphatic heterocycles. The predicted molar refractivity (Wildman–Crippen MR) is 61.4 cm³/mol. The van der Waals surface area contributed by atoms with Gasteiger partial charge in [0.2, 0.25) is 0 Å². The van der Waals surface area contributed by atoms with E-state index in [1.807, 2.05) is 0 Å². The van der Waals surface area contributed by atoms with Gasteiger partial charge < -0.3 is 10.2 Å². The van der Waals surface area contributed by atoms with Crippen LogP contribution in [0.4, 0.5) is 13.2 Å². The minimum absolute atomic E-state index is 0.0531. The Morgan fingerprint density at radius 3 is 2.44 bits per heavy atom. The summed E-state index contributed by atoms with van der Waals surface area (Å²) in [4.78, 5) is 10.3. The van der Waals surface area contributed by atoms with Crippen molar-refractivity contribution in [1.29, 1.82) is 0 Å². The second-order valence-electron chi connectivity index (χ2n) is 3.71. The van der Waals surface area contributed by atoms with Crippen molar-refractivity contribution in [3.8, 4) is 5.75 Å².